The Bertz CT molecular complexity index is 699. The van der Waals surface area contributed by atoms with E-state index in [9.17, 15) is 9.59 Å². The summed E-state index contributed by atoms with van der Waals surface area (Å²) in [6, 6.07) is 7.41. The Morgan fingerprint density at radius 1 is 1.27 bits per heavy atom. The van der Waals surface area contributed by atoms with Crippen LogP contribution in [0.3, 0.4) is 0 Å². The SMILES string of the molecule is Cc1ccc(C(=O)NCCC2N=C3C=CC(=O)C=C3O2)cc1. The number of ether oxygens (including phenoxy) is 1. The fourth-order valence-corrected chi connectivity index (χ4v) is 2.26. The first-order chi connectivity index (χ1) is 10.6. The molecule has 0 saturated carbocycles. The first-order valence-electron chi connectivity index (χ1n) is 7.15. The molecule has 0 spiro atoms. The third kappa shape index (κ3) is 3.14. The van der Waals surface area contributed by atoms with E-state index in [4.69, 9.17) is 4.74 Å². The van der Waals surface area contributed by atoms with Gasteiger partial charge in [-0.3, -0.25) is 9.59 Å². The molecule has 1 aliphatic carbocycles. The van der Waals surface area contributed by atoms with Crippen LogP contribution in [-0.2, 0) is 9.53 Å². The number of hydrogen-bond donors (Lipinski definition) is 1. The molecule has 1 atom stereocenters. The number of nitrogens with one attached hydrogen (secondary N) is 1. The van der Waals surface area contributed by atoms with Gasteiger partial charge >= 0.3 is 0 Å². The largest absolute Gasteiger partial charge is 0.466 e. The van der Waals surface area contributed by atoms with E-state index in [2.05, 4.69) is 10.3 Å². The monoisotopic (exact) mass is 296 g/mol. The molecule has 1 aromatic carbocycles. The maximum absolute atomic E-state index is 12.0. The van der Waals surface area contributed by atoms with Gasteiger partial charge < -0.3 is 10.1 Å². The Kier molecular flexibility index (Phi) is 3.87. The molecule has 0 bridgehead atoms. The van der Waals surface area contributed by atoms with Crippen molar-refractivity contribution in [3.63, 3.8) is 0 Å². The number of amides is 1. The number of fused-ring (bicyclic) bond motifs is 1. The minimum Gasteiger partial charge on any atom is -0.466 e. The summed E-state index contributed by atoms with van der Waals surface area (Å²) in [5.74, 6) is 0.307. The zero-order valence-corrected chi connectivity index (χ0v) is 12.2. The lowest BCUT2D eigenvalue weighted by Crippen LogP contribution is -2.26. The van der Waals surface area contributed by atoms with Crippen molar-refractivity contribution in [2.24, 2.45) is 4.99 Å². The molecule has 1 N–H and O–H groups in total. The lowest BCUT2D eigenvalue weighted by atomic mass is 10.1. The zero-order valence-electron chi connectivity index (χ0n) is 12.2. The number of nitrogens with zero attached hydrogens (tertiary/aromatic N) is 1. The average molecular weight is 296 g/mol. The molecule has 1 aliphatic heterocycles. The molecule has 5 heteroatoms. The van der Waals surface area contributed by atoms with Crippen LogP contribution in [0.5, 0.6) is 0 Å². The highest BCUT2D eigenvalue weighted by molar-refractivity contribution is 6.19. The van der Waals surface area contributed by atoms with Crippen LogP contribution in [0.2, 0.25) is 0 Å². The molecule has 0 radical (unpaired) electrons. The van der Waals surface area contributed by atoms with Gasteiger partial charge in [0.15, 0.2) is 17.8 Å². The number of hydrogen-bond acceptors (Lipinski definition) is 4. The molecule has 0 aromatic heterocycles. The van der Waals surface area contributed by atoms with Crippen LogP contribution >= 0.6 is 0 Å². The van der Waals surface area contributed by atoms with Gasteiger partial charge in [-0.05, 0) is 31.2 Å². The minimum absolute atomic E-state index is 0.0951. The number of ketones is 1. The molecule has 112 valence electrons. The Balaban J connectivity index is 1.50. The van der Waals surface area contributed by atoms with E-state index < -0.39 is 0 Å². The smallest absolute Gasteiger partial charge is 0.251 e. The normalized spacial score (nSPS) is 19.1. The molecule has 22 heavy (non-hydrogen) atoms. The number of rotatable bonds is 4. The lowest BCUT2D eigenvalue weighted by Gasteiger charge is -2.10. The summed E-state index contributed by atoms with van der Waals surface area (Å²) in [5.41, 5.74) is 2.44. The number of carbonyl (C=O) groups is 2. The second-order valence-electron chi connectivity index (χ2n) is 5.24. The summed E-state index contributed by atoms with van der Waals surface area (Å²) in [6.07, 6.45) is 4.76. The van der Waals surface area contributed by atoms with Gasteiger partial charge in [-0.15, -0.1) is 0 Å². The molecule has 2 aliphatic rings. The minimum atomic E-state index is -0.352. The van der Waals surface area contributed by atoms with Crippen LogP contribution in [0.15, 0.2) is 53.2 Å². The van der Waals surface area contributed by atoms with E-state index in [1.54, 1.807) is 18.2 Å². The van der Waals surface area contributed by atoms with Gasteiger partial charge in [0.2, 0.25) is 0 Å². The van der Waals surface area contributed by atoms with Gasteiger partial charge in [-0.25, -0.2) is 4.99 Å². The second kappa shape index (κ2) is 5.97. The van der Waals surface area contributed by atoms with Gasteiger partial charge in [0.05, 0.1) is 0 Å². The van der Waals surface area contributed by atoms with Crippen LogP contribution in [0.25, 0.3) is 0 Å². The van der Waals surface area contributed by atoms with E-state index in [1.165, 1.54) is 12.2 Å². The van der Waals surface area contributed by atoms with Crippen LogP contribution in [-0.4, -0.2) is 30.2 Å². The Hall–Kier alpha value is -2.69. The number of aliphatic imine (C=N–C) groups is 1. The third-order valence-electron chi connectivity index (χ3n) is 3.47. The molecule has 1 heterocycles. The molecular formula is C17H16N2O3. The highest BCUT2D eigenvalue weighted by Gasteiger charge is 2.24. The van der Waals surface area contributed by atoms with Crippen molar-refractivity contribution in [1.82, 2.24) is 5.32 Å². The van der Waals surface area contributed by atoms with Crippen molar-refractivity contribution < 1.29 is 14.3 Å². The first-order valence-corrected chi connectivity index (χ1v) is 7.15. The predicted octanol–water partition coefficient (Wildman–Crippen LogP) is 1.94. The summed E-state index contributed by atoms with van der Waals surface area (Å²) < 4.78 is 5.57. The fourth-order valence-electron chi connectivity index (χ4n) is 2.26. The topological polar surface area (TPSA) is 67.8 Å². The molecule has 1 amide bonds. The quantitative estimate of drug-likeness (QED) is 0.863. The van der Waals surface area contributed by atoms with Crippen molar-refractivity contribution in [2.75, 3.05) is 6.54 Å². The number of aryl methyl sites for hydroxylation is 1. The van der Waals surface area contributed by atoms with Crippen LogP contribution in [0.1, 0.15) is 22.3 Å². The molecule has 0 fully saturated rings. The molecule has 0 saturated heterocycles. The molecular weight excluding hydrogens is 280 g/mol. The summed E-state index contributed by atoms with van der Waals surface area (Å²) in [5, 5.41) is 2.84. The van der Waals surface area contributed by atoms with Crippen molar-refractivity contribution in [3.8, 4) is 0 Å². The van der Waals surface area contributed by atoms with E-state index in [1.807, 2.05) is 19.1 Å². The highest BCUT2D eigenvalue weighted by atomic mass is 16.5. The number of allylic oxidation sites excluding steroid dienone is 3. The lowest BCUT2D eigenvalue weighted by molar-refractivity contribution is -0.110. The van der Waals surface area contributed by atoms with Crippen molar-refractivity contribution in [2.45, 2.75) is 19.6 Å². The van der Waals surface area contributed by atoms with E-state index in [-0.39, 0.29) is 17.9 Å². The summed E-state index contributed by atoms with van der Waals surface area (Å²) in [6.45, 7) is 2.44. The molecule has 1 aromatic rings. The van der Waals surface area contributed by atoms with E-state index in [0.717, 1.165) is 5.56 Å². The van der Waals surface area contributed by atoms with Gasteiger partial charge in [0.1, 0.15) is 5.71 Å². The van der Waals surface area contributed by atoms with Gasteiger partial charge in [0, 0.05) is 24.6 Å². The van der Waals surface area contributed by atoms with Crippen molar-refractivity contribution in [1.29, 1.82) is 0 Å². The van der Waals surface area contributed by atoms with Crippen LogP contribution in [0, 0.1) is 6.92 Å². The molecule has 5 nitrogen and oxygen atoms in total. The Morgan fingerprint density at radius 3 is 2.82 bits per heavy atom. The molecule has 3 rings (SSSR count). The predicted molar refractivity (Wildman–Crippen MR) is 82.7 cm³/mol. The van der Waals surface area contributed by atoms with Gasteiger partial charge in [-0.2, -0.15) is 0 Å². The highest BCUT2D eigenvalue weighted by Crippen LogP contribution is 2.21. The van der Waals surface area contributed by atoms with E-state index in [0.29, 0.717) is 30.0 Å². The summed E-state index contributed by atoms with van der Waals surface area (Å²) in [7, 11) is 0. The van der Waals surface area contributed by atoms with E-state index >= 15 is 0 Å². The van der Waals surface area contributed by atoms with Crippen molar-refractivity contribution in [3.05, 3.63) is 59.4 Å². The van der Waals surface area contributed by atoms with Gasteiger partial charge in [0.25, 0.3) is 5.91 Å². The summed E-state index contributed by atoms with van der Waals surface area (Å²) in [4.78, 5) is 27.6. The number of benzene rings is 1. The zero-order chi connectivity index (χ0) is 15.5. The van der Waals surface area contributed by atoms with Gasteiger partial charge in [-0.1, -0.05) is 17.7 Å². The second-order valence-corrected chi connectivity index (χ2v) is 5.24. The Morgan fingerprint density at radius 2 is 2.05 bits per heavy atom. The Labute approximate surface area is 128 Å². The fraction of sp³-hybridized carbons (Fsp3) is 0.235. The third-order valence-corrected chi connectivity index (χ3v) is 3.47. The standard InChI is InChI=1S/C17H16N2O3/c1-11-2-4-12(5-3-11)17(21)18-9-8-16-19-14-7-6-13(20)10-15(14)22-16/h2-7,10,16H,8-9H2,1H3,(H,18,21). The average Bonchev–Trinajstić information content (AvgIpc) is 2.89. The van der Waals surface area contributed by atoms with Crippen LogP contribution in [0.4, 0.5) is 0 Å². The number of carbonyl (C=O) groups excluding carboxylic acids is 2. The summed E-state index contributed by atoms with van der Waals surface area (Å²) >= 11 is 0. The van der Waals surface area contributed by atoms with Crippen LogP contribution < -0.4 is 5.32 Å². The first kappa shape index (κ1) is 14.3. The maximum atomic E-state index is 12.0. The maximum Gasteiger partial charge on any atom is 0.251 e. The molecule has 1 unspecified atom stereocenters. The van der Waals surface area contributed by atoms with Crippen molar-refractivity contribution >= 4 is 17.4 Å².